The molecule has 0 nitrogen and oxygen atoms in total. The lowest BCUT2D eigenvalue weighted by atomic mass is 10.1. The van der Waals surface area contributed by atoms with Crippen LogP contribution in [-0.4, -0.2) is 11.0 Å². The van der Waals surface area contributed by atoms with Gasteiger partial charge >= 0.3 is 0 Å². The van der Waals surface area contributed by atoms with Gasteiger partial charge in [0.2, 0.25) is 0 Å². The standard InChI is InChI=1S/C11H16S/c1-9-5-4-6-10(2)8-12-11(3)7-9/h4-6,11H,2,7-8H2,1,3H3/b6-4-,9-5-. The van der Waals surface area contributed by atoms with Gasteiger partial charge in [-0.3, -0.25) is 0 Å². The van der Waals surface area contributed by atoms with Crippen LogP contribution >= 0.6 is 11.8 Å². The second-order valence-corrected chi connectivity index (χ2v) is 4.78. The van der Waals surface area contributed by atoms with Gasteiger partial charge in [-0.25, -0.2) is 0 Å². The average molecular weight is 180 g/mol. The summed E-state index contributed by atoms with van der Waals surface area (Å²) < 4.78 is 0. The Morgan fingerprint density at radius 1 is 1.58 bits per heavy atom. The Morgan fingerprint density at radius 3 is 3.08 bits per heavy atom. The number of hydrogen-bond acceptors (Lipinski definition) is 1. The molecule has 0 aromatic rings. The van der Waals surface area contributed by atoms with Crippen molar-refractivity contribution in [3.63, 3.8) is 0 Å². The molecule has 0 saturated carbocycles. The second-order valence-electron chi connectivity index (χ2n) is 3.36. The minimum Gasteiger partial charge on any atom is -0.154 e. The number of hydrogen-bond donors (Lipinski definition) is 0. The van der Waals surface area contributed by atoms with Gasteiger partial charge in [-0.15, -0.1) is 0 Å². The largest absolute Gasteiger partial charge is 0.154 e. The number of rotatable bonds is 0. The molecular weight excluding hydrogens is 164 g/mol. The first kappa shape index (κ1) is 9.66. The van der Waals surface area contributed by atoms with Crippen LogP contribution in [0.2, 0.25) is 0 Å². The molecule has 0 fully saturated rings. The zero-order chi connectivity index (χ0) is 8.97. The quantitative estimate of drug-likeness (QED) is 0.549. The van der Waals surface area contributed by atoms with Gasteiger partial charge in [-0.1, -0.05) is 37.3 Å². The lowest BCUT2D eigenvalue weighted by Gasteiger charge is -2.09. The van der Waals surface area contributed by atoms with E-state index in [0.29, 0.717) is 0 Å². The van der Waals surface area contributed by atoms with Crippen LogP contribution in [0.15, 0.2) is 36.0 Å². The predicted molar refractivity (Wildman–Crippen MR) is 58.6 cm³/mol. The summed E-state index contributed by atoms with van der Waals surface area (Å²) in [6, 6.07) is 0. The van der Waals surface area contributed by atoms with Crippen molar-refractivity contribution < 1.29 is 0 Å². The first-order chi connectivity index (χ1) is 5.68. The summed E-state index contributed by atoms with van der Waals surface area (Å²) in [5, 5.41) is 0.720. The maximum atomic E-state index is 3.98. The molecule has 0 saturated heterocycles. The van der Waals surface area contributed by atoms with Crippen molar-refractivity contribution in [1.82, 2.24) is 0 Å². The summed E-state index contributed by atoms with van der Waals surface area (Å²) in [5.41, 5.74) is 2.68. The van der Waals surface area contributed by atoms with E-state index in [1.54, 1.807) is 0 Å². The Bertz CT molecular complexity index is 223. The third-order valence-corrected chi connectivity index (χ3v) is 3.15. The minimum absolute atomic E-state index is 0.720. The summed E-state index contributed by atoms with van der Waals surface area (Å²) in [7, 11) is 0. The van der Waals surface area contributed by atoms with Gasteiger partial charge in [0, 0.05) is 11.0 Å². The van der Waals surface area contributed by atoms with Gasteiger partial charge in [0.1, 0.15) is 0 Å². The molecule has 0 N–H and O–H groups in total. The lowest BCUT2D eigenvalue weighted by Crippen LogP contribution is -1.97. The summed E-state index contributed by atoms with van der Waals surface area (Å²) in [5.74, 6) is 1.07. The van der Waals surface area contributed by atoms with Crippen LogP contribution < -0.4 is 0 Å². The molecule has 0 spiro atoms. The molecule has 1 heterocycles. The fourth-order valence-corrected chi connectivity index (χ4v) is 2.20. The van der Waals surface area contributed by atoms with E-state index in [4.69, 9.17) is 0 Å². The molecule has 0 aromatic heterocycles. The van der Waals surface area contributed by atoms with E-state index in [-0.39, 0.29) is 0 Å². The zero-order valence-corrected chi connectivity index (χ0v) is 8.66. The van der Waals surface area contributed by atoms with Crippen molar-refractivity contribution in [3.8, 4) is 0 Å². The van der Waals surface area contributed by atoms with Crippen molar-refractivity contribution in [2.45, 2.75) is 25.5 Å². The maximum absolute atomic E-state index is 3.98. The molecule has 1 aliphatic heterocycles. The van der Waals surface area contributed by atoms with Gasteiger partial charge in [-0.2, -0.15) is 11.8 Å². The van der Waals surface area contributed by atoms with E-state index in [9.17, 15) is 0 Å². The van der Waals surface area contributed by atoms with Crippen molar-refractivity contribution in [2.24, 2.45) is 0 Å². The molecule has 1 heteroatoms. The van der Waals surface area contributed by atoms with Crippen molar-refractivity contribution >= 4 is 11.8 Å². The minimum atomic E-state index is 0.720. The molecule has 12 heavy (non-hydrogen) atoms. The third kappa shape index (κ3) is 3.31. The Labute approximate surface area is 79.4 Å². The molecule has 0 bridgehead atoms. The molecule has 1 rings (SSSR count). The average Bonchev–Trinajstić information content (AvgIpc) is 2.05. The van der Waals surface area contributed by atoms with Crippen LogP contribution in [0.1, 0.15) is 20.3 Å². The topological polar surface area (TPSA) is 0 Å². The van der Waals surface area contributed by atoms with Gasteiger partial charge in [0.05, 0.1) is 0 Å². The fourth-order valence-electron chi connectivity index (χ4n) is 1.23. The summed E-state index contributed by atoms with van der Waals surface area (Å²) in [6.45, 7) is 8.45. The molecule has 1 aliphatic rings. The summed E-state index contributed by atoms with van der Waals surface area (Å²) in [6.07, 6.45) is 7.60. The molecule has 1 unspecified atom stereocenters. The summed E-state index contributed by atoms with van der Waals surface area (Å²) in [4.78, 5) is 0. The number of thioether (sulfide) groups is 1. The SMILES string of the molecule is C=C1/C=C\C=C(\C)CC(C)SC1. The first-order valence-electron chi connectivity index (χ1n) is 4.31. The number of allylic oxidation sites excluding steroid dienone is 4. The van der Waals surface area contributed by atoms with Crippen LogP contribution in [0.4, 0.5) is 0 Å². The van der Waals surface area contributed by atoms with E-state index < -0.39 is 0 Å². The predicted octanol–water partition coefficient (Wildman–Crippen LogP) is 3.57. The Kier molecular flexibility index (Phi) is 3.67. The molecule has 0 radical (unpaired) electrons. The smallest absolute Gasteiger partial charge is 0.0181 e. The molecule has 0 aliphatic carbocycles. The Hall–Kier alpha value is -0.430. The highest BCUT2D eigenvalue weighted by molar-refractivity contribution is 8.00. The third-order valence-electron chi connectivity index (χ3n) is 1.88. The van der Waals surface area contributed by atoms with E-state index in [1.807, 2.05) is 11.8 Å². The molecule has 1 atom stereocenters. The van der Waals surface area contributed by atoms with Gasteiger partial charge in [0.15, 0.2) is 0 Å². The van der Waals surface area contributed by atoms with E-state index in [1.165, 1.54) is 17.6 Å². The fraction of sp³-hybridized carbons (Fsp3) is 0.455. The monoisotopic (exact) mass is 180 g/mol. The molecule has 0 amide bonds. The lowest BCUT2D eigenvalue weighted by molar-refractivity contribution is 0.927. The second kappa shape index (κ2) is 4.56. The van der Waals surface area contributed by atoms with Crippen molar-refractivity contribution in [1.29, 1.82) is 0 Å². The van der Waals surface area contributed by atoms with Crippen LogP contribution in [0, 0.1) is 0 Å². The Morgan fingerprint density at radius 2 is 2.33 bits per heavy atom. The first-order valence-corrected chi connectivity index (χ1v) is 5.36. The van der Waals surface area contributed by atoms with Crippen LogP contribution in [0.25, 0.3) is 0 Å². The van der Waals surface area contributed by atoms with Gasteiger partial charge < -0.3 is 0 Å². The van der Waals surface area contributed by atoms with Crippen LogP contribution in [0.3, 0.4) is 0 Å². The van der Waals surface area contributed by atoms with Gasteiger partial charge in [0.25, 0.3) is 0 Å². The maximum Gasteiger partial charge on any atom is 0.0181 e. The molecule has 66 valence electrons. The highest BCUT2D eigenvalue weighted by Crippen LogP contribution is 2.22. The van der Waals surface area contributed by atoms with Crippen molar-refractivity contribution in [3.05, 3.63) is 36.0 Å². The van der Waals surface area contributed by atoms with Crippen LogP contribution in [0.5, 0.6) is 0 Å². The van der Waals surface area contributed by atoms with E-state index in [2.05, 4.69) is 38.7 Å². The normalized spacial score (nSPS) is 32.7. The molecule has 0 aromatic carbocycles. The van der Waals surface area contributed by atoms with Crippen LogP contribution in [-0.2, 0) is 0 Å². The van der Waals surface area contributed by atoms with Crippen molar-refractivity contribution in [2.75, 3.05) is 5.75 Å². The summed E-state index contributed by atoms with van der Waals surface area (Å²) >= 11 is 1.99. The highest BCUT2D eigenvalue weighted by atomic mass is 32.2. The highest BCUT2D eigenvalue weighted by Gasteiger charge is 2.04. The Balaban J connectivity index is 2.67. The zero-order valence-electron chi connectivity index (χ0n) is 7.84. The van der Waals surface area contributed by atoms with E-state index >= 15 is 0 Å². The molecular formula is C11H16S. The van der Waals surface area contributed by atoms with E-state index in [0.717, 1.165) is 11.0 Å². The van der Waals surface area contributed by atoms with Gasteiger partial charge in [-0.05, 0) is 18.9 Å².